The lowest BCUT2D eigenvalue weighted by Crippen LogP contribution is -2.15. The molecule has 0 saturated carbocycles. The van der Waals surface area contributed by atoms with Crippen molar-refractivity contribution in [2.45, 2.75) is 12.7 Å². The summed E-state index contributed by atoms with van der Waals surface area (Å²) in [5.41, 5.74) is 4.48. The van der Waals surface area contributed by atoms with E-state index >= 15 is 0 Å². The molecule has 10 heteroatoms. The highest BCUT2D eigenvalue weighted by molar-refractivity contribution is 5.99. The fraction of sp³-hybridized carbons (Fsp3) is 0.100. The molecule has 0 aliphatic rings. The average molecular weight is 423 g/mol. The molecule has 0 atom stereocenters. The van der Waals surface area contributed by atoms with E-state index in [-0.39, 0.29) is 29.1 Å². The van der Waals surface area contributed by atoms with E-state index in [1.165, 1.54) is 18.2 Å². The first-order valence-corrected chi connectivity index (χ1v) is 8.47. The minimum absolute atomic E-state index is 0.0922. The van der Waals surface area contributed by atoms with Gasteiger partial charge < -0.3 is 15.8 Å². The number of alkyl halides is 3. The number of carbonyl (C=O) groups is 1. The molecule has 1 amide bonds. The number of halogens is 5. The molecule has 0 bridgehead atoms. The molecule has 0 aliphatic carbocycles. The van der Waals surface area contributed by atoms with Crippen molar-refractivity contribution >= 4 is 11.6 Å². The van der Waals surface area contributed by atoms with E-state index in [9.17, 15) is 26.7 Å². The van der Waals surface area contributed by atoms with E-state index in [1.807, 2.05) is 0 Å². The van der Waals surface area contributed by atoms with E-state index in [4.69, 9.17) is 10.5 Å². The van der Waals surface area contributed by atoms with Gasteiger partial charge in [0.05, 0.1) is 5.56 Å². The topological polar surface area (TPSA) is 77.2 Å². The van der Waals surface area contributed by atoms with Crippen LogP contribution in [0.25, 0.3) is 0 Å². The Morgan fingerprint density at radius 1 is 1.10 bits per heavy atom. The lowest BCUT2D eigenvalue weighted by molar-refractivity contribution is -0.138. The van der Waals surface area contributed by atoms with Crippen molar-refractivity contribution in [1.82, 2.24) is 4.98 Å². The predicted octanol–water partition coefficient (Wildman–Crippen LogP) is 4.88. The number of ether oxygens (including phenoxy) is 1. The van der Waals surface area contributed by atoms with Crippen LogP contribution >= 0.6 is 0 Å². The molecule has 3 aromatic rings. The standard InChI is InChI=1S/C20H14F5N3O2/c21-12-4-3-11(16(22)8-12)10-28-17-6-5-13(9-14(17)18(26)29)30-19-15(20(23,24)25)2-1-7-27-19/h1-9,28H,10H2,(H2,26,29). The van der Waals surface area contributed by atoms with Crippen LogP contribution in [0.1, 0.15) is 21.5 Å². The summed E-state index contributed by atoms with van der Waals surface area (Å²) >= 11 is 0. The Balaban J connectivity index is 1.85. The number of carbonyl (C=O) groups excluding carboxylic acids is 1. The van der Waals surface area contributed by atoms with E-state index in [1.54, 1.807) is 0 Å². The maximum Gasteiger partial charge on any atom is 0.421 e. The molecule has 1 heterocycles. The molecule has 0 aliphatic heterocycles. The van der Waals surface area contributed by atoms with Crippen molar-refractivity contribution in [3.05, 3.63) is 83.1 Å². The number of anilines is 1. The van der Waals surface area contributed by atoms with Crippen LogP contribution in [0.15, 0.2) is 54.7 Å². The second-order valence-corrected chi connectivity index (χ2v) is 6.12. The largest absolute Gasteiger partial charge is 0.438 e. The van der Waals surface area contributed by atoms with Gasteiger partial charge in [0.25, 0.3) is 5.91 Å². The smallest absolute Gasteiger partial charge is 0.421 e. The van der Waals surface area contributed by atoms with E-state index < -0.39 is 35.2 Å². The van der Waals surface area contributed by atoms with Crippen LogP contribution in [-0.2, 0) is 12.7 Å². The highest BCUT2D eigenvalue weighted by atomic mass is 19.4. The normalized spacial score (nSPS) is 11.2. The third-order valence-electron chi connectivity index (χ3n) is 4.03. The molecule has 30 heavy (non-hydrogen) atoms. The number of pyridine rings is 1. The van der Waals surface area contributed by atoms with Crippen LogP contribution in [0.3, 0.4) is 0 Å². The van der Waals surface area contributed by atoms with Crippen LogP contribution in [0, 0.1) is 11.6 Å². The lowest BCUT2D eigenvalue weighted by Gasteiger charge is -2.15. The van der Waals surface area contributed by atoms with Gasteiger partial charge in [-0.3, -0.25) is 4.79 Å². The second kappa shape index (κ2) is 8.36. The quantitative estimate of drug-likeness (QED) is 0.554. The first-order chi connectivity index (χ1) is 14.1. The summed E-state index contributed by atoms with van der Waals surface area (Å²) in [5, 5.41) is 2.78. The minimum atomic E-state index is -4.68. The number of rotatable bonds is 6. The minimum Gasteiger partial charge on any atom is -0.438 e. The van der Waals surface area contributed by atoms with Crippen molar-refractivity contribution in [2.75, 3.05) is 5.32 Å². The first kappa shape index (κ1) is 21.0. The maximum absolute atomic E-state index is 13.8. The van der Waals surface area contributed by atoms with Crippen molar-refractivity contribution in [2.24, 2.45) is 5.73 Å². The van der Waals surface area contributed by atoms with Gasteiger partial charge in [-0.15, -0.1) is 0 Å². The summed E-state index contributed by atoms with van der Waals surface area (Å²) in [6, 6.07) is 8.73. The molecular weight excluding hydrogens is 409 g/mol. The van der Waals surface area contributed by atoms with Crippen LogP contribution in [0.2, 0.25) is 0 Å². The molecule has 2 aromatic carbocycles. The van der Waals surface area contributed by atoms with Gasteiger partial charge in [-0.1, -0.05) is 6.07 Å². The Labute approximate surface area is 167 Å². The molecular formula is C20H14F5N3O2. The van der Waals surface area contributed by atoms with E-state index in [2.05, 4.69) is 10.3 Å². The van der Waals surface area contributed by atoms with Gasteiger partial charge in [-0.05, 0) is 36.4 Å². The average Bonchev–Trinajstić information content (AvgIpc) is 2.67. The van der Waals surface area contributed by atoms with Crippen molar-refractivity contribution in [3.8, 4) is 11.6 Å². The Hall–Kier alpha value is -3.69. The van der Waals surface area contributed by atoms with Gasteiger partial charge in [0.1, 0.15) is 22.9 Å². The summed E-state index contributed by atoms with van der Waals surface area (Å²) in [5.74, 6) is -3.19. The molecule has 0 spiro atoms. The molecule has 0 unspecified atom stereocenters. The highest BCUT2D eigenvalue weighted by Gasteiger charge is 2.35. The number of benzene rings is 2. The number of nitrogens with two attached hydrogens (primary N) is 1. The number of nitrogens with zero attached hydrogens (tertiary/aromatic N) is 1. The van der Waals surface area contributed by atoms with Crippen molar-refractivity contribution in [3.63, 3.8) is 0 Å². The summed E-state index contributed by atoms with van der Waals surface area (Å²) in [7, 11) is 0. The predicted molar refractivity (Wildman–Crippen MR) is 98.0 cm³/mol. The van der Waals surface area contributed by atoms with Crippen LogP contribution in [0.5, 0.6) is 11.6 Å². The van der Waals surface area contributed by atoms with Gasteiger partial charge in [0.2, 0.25) is 5.88 Å². The zero-order chi connectivity index (χ0) is 21.9. The number of hydrogen-bond acceptors (Lipinski definition) is 4. The molecule has 3 rings (SSSR count). The highest BCUT2D eigenvalue weighted by Crippen LogP contribution is 2.37. The fourth-order valence-corrected chi connectivity index (χ4v) is 2.60. The number of nitrogens with one attached hydrogen (secondary N) is 1. The zero-order valence-electron chi connectivity index (χ0n) is 15.1. The van der Waals surface area contributed by atoms with Gasteiger partial charge in [0.15, 0.2) is 0 Å². The Kier molecular flexibility index (Phi) is 5.86. The summed E-state index contributed by atoms with van der Waals surface area (Å²) in [4.78, 5) is 15.4. The molecule has 0 radical (unpaired) electrons. The Morgan fingerprint density at radius 2 is 1.87 bits per heavy atom. The molecule has 0 fully saturated rings. The Bertz CT molecular complexity index is 1090. The number of hydrogen-bond donors (Lipinski definition) is 2. The monoisotopic (exact) mass is 423 g/mol. The zero-order valence-corrected chi connectivity index (χ0v) is 15.1. The van der Waals surface area contributed by atoms with Crippen LogP contribution in [0.4, 0.5) is 27.6 Å². The summed E-state index contributed by atoms with van der Waals surface area (Å²) in [6.07, 6.45) is -3.55. The Morgan fingerprint density at radius 3 is 2.53 bits per heavy atom. The molecule has 156 valence electrons. The van der Waals surface area contributed by atoms with Gasteiger partial charge in [0, 0.05) is 30.1 Å². The molecule has 5 nitrogen and oxygen atoms in total. The first-order valence-electron chi connectivity index (χ1n) is 8.47. The number of primary amides is 1. The van der Waals surface area contributed by atoms with E-state index in [0.717, 1.165) is 30.5 Å². The molecule has 3 N–H and O–H groups in total. The van der Waals surface area contributed by atoms with Gasteiger partial charge in [-0.25, -0.2) is 13.8 Å². The SMILES string of the molecule is NC(=O)c1cc(Oc2ncccc2C(F)(F)F)ccc1NCc1ccc(F)cc1F. The maximum atomic E-state index is 13.8. The van der Waals surface area contributed by atoms with Crippen LogP contribution in [-0.4, -0.2) is 10.9 Å². The number of amides is 1. The van der Waals surface area contributed by atoms with Crippen molar-refractivity contribution < 1.29 is 31.5 Å². The summed E-state index contributed by atoms with van der Waals surface area (Å²) in [6.45, 7) is -0.0922. The fourth-order valence-electron chi connectivity index (χ4n) is 2.60. The van der Waals surface area contributed by atoms with Crippen LogP contribution < -0.4 is 15.8 Å². The van der Waals surface area contributed by atoms with Gasteiger partial charge >= 0.3 is 6.18 Å². The molecule has 1 aromatic heterocycles. The number of aromatic nitrogens is 1. The lowest BCUT2D eigenvalue weighted by atomic mass is 10.1. The van der Waals surface area contributed by atoms with Gasteiger partial charge in [-0.2, -0.15) is 13.2 Å². The van der Waals surface area contributed by atoms with Crippen molar-refractivity contribution in [1.29, 1.82) is 0 Å². The molecule has 0 saturated heterocycles. The summed E-state index contributed by atoms with van der Waals surface area (Å²) < 4.78 is 71.2. The third kappa shape index (κ3) is 4.83. The second-order valence-electron chi connectivity index (χ2n) is 6.12. The van der Waals surface area contributed by atoms with E-state index in [0.29, 0.717) is 6.07 Å². The third-order valence-corrected chi connectivity index (χ3v) is 4.03.